The molecule has 0 aliphatic carbocycles. The SMILES string of the molecule is [B]Cc1cnc(NCC(=O)OCC)c(NCC)n1. The van der Waals surface area contributed by atoms with Gasteiger partial charge in [-0.3, -0.25) is 4.79 Å². The van der Waals surface area contributed by atoms with Crippen molar-refractivity contribution in [3.8, 4) is 0 Å². The van der Waals surface area contributed by atoms with Crippen LogP contribution in [-0.2, 0) is 15.9 Å². The second-order valence-electron chi connectivity index (χ2n) is 3.45. The van der Waals surface area contributed by atoms with Crippen LogP contribution in [0.25, 0.3) is 0 Å². The lowest BCUT2D eigenvalue weighted by Crippen LogP contribution is -2.19. The Morgan fingerprint density at radius 3 is 2.78 bits per heavy atom. The summed E-state index contributed by atoms with van der Waals surface area (Å²) in [5.41, 5.74) is 0.688. The van der Waals surface area contributed by atoms with Gasteiger partial charge in [0.15, 0.2) is 11.6 Å². The van der Waals surface area contributed by atoms with E-state index in [2.05, 4.69) is 20.6 Å². The van der Waals surface area contributed by atoms with Gasteiger partial charge >= 0.3 is 5.97 Å². The van der Waals surface area contributed by atoms with Gasteiger partial charge in [-0.15, -0.1) is 0 Å². The monoisotopic (exact) mass is 248 g/mol. The molecule has 0 aromatic carbocycles. The molecule has 0 aliphatic rings. The molecule has 1 aromatic heterocycles. The van der Waals surface area contributed by atoms with Gasteiger partial charge in [0.05, 0.1) is 26.3 Å². The van der Waals surface area contributed by atoms with Crippen molar-refractivity contribution in [1.82, 2.24) is 9.97 Å². The minimum Gasteiger partial charge on any atom is -0.465 e. The van der Waals surface area contributed by atoms with Gasteiger partial charge < -0.3 is 15.4 Å². The standard InChI is InChI=1S/C11H17BN4O2/c1-3-13-11-10(14-6-8(5-12)16-11)15-7-9(17)18-4-2/h6H,3-5,7H2,1-2H3,(H,13,16)(H,14,15). The number of aromatic nitrogens is 2. The van der Waals surface area contributed by atoms with Gasteiger partial charge in [-0.2, -0.15) is 0 Å². The first kappa shape index (κ1) is 14.3. The lowest BCUT2D eigenvalue weighted by atomic mass is 10.0. The fraction of sp³-hybridized carbons (Fsp3) is 0.545. The van der Waals surface area contributed by atoms with Crippen LogP contribution in [0.3, 0.4) is 0 Å². The number of hydrogen-bond donors (Lipinski definition) is 2. The average Bonchev–Trinajstić information content (AvgIpc) is 2.38. The first-order valence-electron chi connectivity index (χ1n) is 5.90. The minimum absolute atomic E-state index is 0.0584. The number of anilines is 2. The Morgan fingerprint density at radius 1 is 1.39 bits per heavy atom. The largest absolute Gasteiger partial charge is 0.465 e. The highest BCUT2D eigenvalue weighted by molar-refractivity contribution is 6.08. The predicted octanol–water partition coefficient (Wildman–Crippen LogP) is 0.552. The molecule has 0 atom stereocenters. The molecule has 1 aromatic rings. The van der Waals surface area contributed by atoms with Crippen LogP contribution in [0.5, 0.6) is 0 Å². The number of carbonyl (C=O) groups is 1. The van der Waals surface area contributed by atoms with Crippen LogP contribution < -0.4 is 10.6 Å². The summed E-state index contributed by atoms with van der Waals surface area (Å²) in [4.78, 5) is 19.7. The summed E-state index contributed by atoms with van der Waals surface area (Å²) in [5, 5.41) is 5.95. The minimum atomic E-state index is -0.329. The van der Waals surface area contributed by atoms with Crippen LogP contribution in [0.1, 0.15) is 19.5 Å². The van der Waals surface area contributed by atoms with Crippen molar-refractivity contribution >= 4 is 25.5 Å². The summed E-state index contributed by atoms with van der Waals surface area (Å²) >= 11 is 0. The third-order valence-corrected chi connectivity index (χ3v) is 2.08. The molecule has 0 aliphatic heterocycles. The molecule has 6 nitrogen and oxygen atoms in total. The van der Waals surface area contributed by atoms with Gasteiger partial charge in [0.25, 0.3) is 0 Å². The molecule has 0 amide bonds. The Balaban J connectivity index is 2.71. The van der Waals surface area contributed by atoms with Crippen LogP contribution in [0.15, 0.2) is 6.20 Å². The Bertz CT molecular complexity index is 401. The number of nitrogens with zero attached hydrogens (tertiary/aromatic N) is 2. The van der Waals surface area contributed by atoms with Gasteiger partial charge in [0.1, 0.15) is 6.54 Å². The maximum Gasteiger partial charge on any atom is 0.325 e. The fourth-order valence-corrected chi connectivity index (χ4v) is 1.31. The maximum atomic E-state index is 11.2. The first-order valence-corrected chi connectivity index (χ1v) is 5.90. The molecule has 0 saturated heterocycles. The summed E-state index contributed by atoms with van der Waals surface area (Å²) in [6.45, 7) is 4.84. The van der Waals surface area contributed by atoms with Crippen LogP contribution in [0.4, 0.5) is 11.6 Å². The van der Waals surface area contributed by atoms with Crippen LogP contribution >= 0.6 is 0 Å². The highest BCUT2D eigenvalue weighted by atomic mass is 16.5. The molecule has 7 heteroatoms. The summed E-state index contributed by atoms with van der Waals surface area (Å²) in [6.07, 6.45) is 1.90. The lowest BCUT2D eigenvalue weighted by Gasteiger charge is -2.11. The topological polar surface area (TPSA) is 76.1 Å². The zero-order chi connectivity index (χ0) is 13.4. The van der Waals surface area contributed by atoms with Gasteiger partial charge in [-0.05, 0) is 20.2 Å². The van der Waals surface area contributed by atoms with Crippen molar-refractivity contribution < 1.29 is 9.53 Å². The quantitative estimate of drug-likeness (QED) is 0.542. The molecular formula is C11H17BN4O2. The number of nitrogens with one attached hydrogen (secondary N) is 2. The fourth-order valence-electron chi connectivity index (χ4n) is 1.31. The molecule has 2 N–H and O–H groups in total. The summed E-state index contributed by atoms with van der Waals surface area (Å²) in [6, 6.07) is 0. The molecule has 0 fully saturated rings. The van der Waals surface area contributed by atoms with Crippen molar-refractivity contribution in [3.05, 3.63) is 11.9 Å². The number of hydrogen-bond acceptors (Lipinski definition) is 6. The molecule has 1 heterocycles. The molecule has 2 radical (unpaired) electrons. The van der Waals surface area contributed by atoms with Crippen LogP contribution in [0.2, 0.25) is 0 Å². The van der Waals surface area contributed by atoms with E-state index in [1.54, 1.807) is 13.1 Å². The van der Waals surface area contributed by atoms with Gasteiger partial charge in [-0.25, -0.2) is 9.97 Å². The average molecular weight is 248 g/mol. The first-order chi connectivity index (χ1) is 8.71. The van der Waals surface area contributed by atoms with Gasteiger partial charge in [0.2, 0.25) is 0 Å². The second kappa shape index (κ2) is 7.52. The van der Waals surface area contributed by atoms with Crippen molar-refractivity contribution in [2.75, 3.05) is 30.3 Å². The van der Waals surface area contributed by atoms with E-state index in [1.165, 1.54) is 0 Å². The highest BCUT2D eigenvalue weighted by Gasteiger charge is 2.08. The summed E-state index contributed by atoms with van der Waals surface area (Å²) < 4.78 is 4.82. The van der Waals surface area contributed by atoms with E-state index in [-0.39, 0.29) is 12.5 Å². The molecule has 0 unspecified atom stereocenters. The van der Waals surface area contributed by atoms with E-state index in [0.29, 0.717) is 36.8 Å². The summed E-state index contributed by atoms with van der Waals surface area (Å²) in [7, 11) is 5.50. The zero-order valence-electron chi connectivity index (χ0n) is 10.7. The highest BCUT2D eigenvalue weighted by Crippen LogP contribution is 2.15. The van der Waals surface area contributed by atoms with Gasteiger partial charge in [0, 0.05) is 6.54 Å². The Hall–Kier alpha value is -1.79. The van der Waals surface area contributed by atoms with E-state index in [4.69, 9.17) is 12.6 Å². The van der Waals surface area contributed by atoms with Crippen LogP contribution in [-0.4, -0.2) is 43.5 Å². The molecule has 18 heavy (non-hydrogen) atoms. The molecule has 1 rings (SSSR count). The van der Waals surface area contributed by atoms with Crippen molar-refractivity contribution in [2.24, 2.45) is 0 Å². The summed E-state index contributed by atoms with van der Waals surface area (Å²) in [5.74, 6) is 0.775. The predicted molar refractivity (Wildman–Crippen MR) is 70.8 cm³/mol. The maximum absolute atomic E-state index is 11.2. The van der Waals surface area contributed by atoms with Crippen molar-refractivity contribution in [3.63, 3.8) is 0 Å². The third kappa shape index (κ3) is 4.23. The van der Waals surface area contributed by atoms with Crippen LogP contribution in [0, 0.1) is 0 Å². The van der Waals surface area contributed by atoms with E-state index < -0.39 is 0 Å². The number of rotatable bonds is 7. The Labute approximate surface area is 108 Å². The van der Waals surface area contributed by atoms with E-state index >= 15 is 0 Å². The lowest BCUT2D eigenvalue weighted by molar-refractivity contribution is -0.140. The molecule has 0 bridgehead atoms. The van der Waals surface area contributed by atoms with E-state index in [1.807, 2.05) is 6.92 Å². The van der Waals surface area contributed by atoms with Gasteiger partial charge in [-0.1, -0.05) is 0 Å². The zero-order valence-corrected chi connectivity index (χ0v) is 10.7. The van der Waals surface area contributed by atoms with E-state index in [9.17, 15) is 4.79 Å². The van der Waals surface area contributed by atoms with Crippen molar-refractivity contribution in [2.45, 2.75) is 20.2 Å². The second-order valence-corrected chi connectivity index (χ2v) is 3.45. The third-order valence-electron chi connectivity index (χ3n) is 2.08. The Morgan fingerprint density at radius 2 is 2.17 bits per heavy atom. The normalized spacial score (nSPS) is 9.89. The molecule has 0 spiro atoms. The molecular weight excluding hydrogens is 231 g/mol. The number of ether oxygens (including phenoxy) is 1. The number of esters is 1. The smallest absolute Gasteiger partial charge is 0.325 e. The van der Waals surface area contributed by atoms with E-state index in [0.717, 1.165) is 0 Å². The molecule has 96 valence electrons. The van der Waals surface area contributed by atoms with Crippen molar-refractivity contribution in [1.29, 1.82) is 0 Å². The molecule has 0 saturated carbocycles. The number of carbonyl (C=O) groups excluding carboxylic acids is 1. The Kier molecular flexibility index (Phi) is 5.97.